The summed E-state index contributed by atoms with van der Waals surface area (Å²) < 4.78 is 8.82. The average molecular weight is 957 g/mol. The van der Waals surface area contributed by atoms with Crippen LogP contribution in [0.25, 0.3) is 116 Å². The molecule has 3 nitrogen and oxygen atoms in total. The first-order valence-electron chi connectivity index (χ1n) is 25.6. The van der Waals surface area contributed by atoms with Gasteiger partial charge in [-0.3, -0.25) is 0 Å². The highest BCUT2D eigenvalue weighted by Crippen LogP contribution is 2.43. The average Bonchev–Trinajstić information content (AvgIpc) is 4.05. The molecular formula is C72H48N2O. The standard InChI is InChI=1S/C72H48N2O/c1-2-15-49(16-3-1)50-29-31-51(32-30-50)53-37-43-57(44-38-53)73(58-45-39-54(40-46-58)52-33-35-56(36-34-52)61-23-14-24-67-66-22-9-13-28-71(66)75-72(61)67)59-47-41-55(42-48-59)60-17-4-5-18-62(60)63-19-6-10-25-68(63)74-69-26-11-7-20-64(69)65-21-8-12-27-70(65)74/h1-48H. The molecular weight excluding hydrogens is 909 g/mol. The van der Waals surface area contributed by atoms with Gasteiger partial charge in [0.05, 0.1) is 16.7 Å². The number of benzene rings is 12. The molecule has 0 aliphatic heterocycles. The van der Waals surface area contributed by atoms with Gasteiger partial charge in [0.1, 0.15) is 11.2 Å². The summed E-state index contributed by atoms with van der Waals surface area (Å²) in [6, 6.07) is 105. The van der Waals surface area contributed by atoms with Crippen LogP contribution in [-0.4, -0.2) is 4.57 Å². The number of anilines is 3. The molecule has 2 heterocycles. The van der Waals surface area contributed by atoms with E-state index < -0.39 is 0 Å². The lowest BCUT2D eigenvalue weighted by atomic mass is 9.93. The Morgan fingerprint density at radius 1 is 0.240 bits per heavy atom. The SMILES string of the molecule is c1ccc(-c2ccc(-c3ccc(N(c4ccc(-c5ccc(-c6cccc7c6oc6ccccc67)cc5)cc4)c4ccc(-c5ccccc5-c5ccccc5-n5c6ccccc6c6ccccc65)cc4)cc3)cc2)cc1. The van der Waals surface area contributed by atoms with Crippen LogP contribution in [0.1, 0.15) is 0 Å². The molecule has 0 atom stereocenters. The van der Waals surface area contributed by atoms with Gasteiger partial charge >= 0.3 is 0 Å². The molecule has 0 fully saturated rings. The van der Waals surface area contributed by atoms with Gasteiger partial charge in [0.15, 0.2) is 0 Å². The van der Waals surface area contributed by atoms with E-state index in [0.29, 0.717) is 0 Å². The largest absolute Gasteiger partial charge is 0.455 e. The number of para-hydroxylation sites is 5. The van der Waals surface area contributed by atoms with Gasteiger partial charge in [-0.05, 0) is 116 Å². The van der Waals surface area contributed by atoms with Crippen LogP contribution in [0.5, 0.6) is 0 Å². The number of hydrogen-bond acceptors (Lipinski definition) is 2. The minimum Gasteiger partial charge on any atom is -0.455 e. The first-order valence-corrected chi connectivity index (χ1v) is 25.6. The summed E-state index contributed by atoms with van der Waals surface area (Å²) in [4.78, 5) is 2.36. The molecule has 14 rings (SSSR count). The predicted molar refractivity (Wildman–Crippen MR) is 315 cm³/mol. The van der Waals surface area contributed by atoms with Crippen LogP contribution >= 0.6 is 0 Å². The lowest BCUT2D eigenvalue weighted by molar-refractivity contribution is 0.670. The minimum atomic E-state index is 0.908. The molecule has 0 saturated heterocycles. The minimum absolute atomic E-state index is 0.908. The van der Waals surface area contributed by atoms with Crippen LogP contribution in [0, 0.1) is 0 Å². The van der Waals surface area contributed by atoms with Crippen molar-refractivity contribution in [2.24, 2.45) is 0 Å². The second kappa shape index (κ2) is 18.6. The van der Waals surface area contributed by atoms with Crippen molar-refractivity contribution in [1.82, 2.24) is 4.57 Å². The molecule has 75 heavy (non-hydrogen) atoms. The highest BCUT2D eigenvalue weighted by molar-refractivity contribution is 6.11. The second-order valence-electron chi connectivity index (χ2n) is 19.2. The topological polar surface area (TPSA) is 21.3 Å². The van der Waals surface area contributed by atoms with E-state index in [2.05, 4.69) is 289 Å². The van der Waals surface area contributed by atoms with Gasteiger partial charge in [-0.15, -0.1) is 0 Å². The Morgan fingerprint density at radius 2 is 0.613 bits per heavy atom. The molecule has 0 amide bonds. The van der Waals surface area contributed by atoms with Crippen molar-refractivity contribution in [2.75, 3.05) is 4.90 Å². The molecule has 12 aromatic carbocycles. The number of hydrogen-bond donors (Lipinski definition) is 0. The molecule has 0 N–H and O–H groups in total. The molecule has 14 aromatic rings. The van der Waals surface area contributed by atoms with Gasteiger partial charge in [0.2, 0.25) is 0 Å². The van der Waals surface area contributed by atoms with E-state index in [0.717, 1.165) is 72.5 Å². The first kappa shape index (κ1) is 43.8. The Morgan fingerprint density at radius 3 is 1.19 bits per heavy atom. The number of rotatable bonds is 10. The zero-order chi connectivity index (χ0) is 49.7. The van der Waals surface area contributed by atoms with E-state index in [4.69, 9.17) is 4.42 Å². The Hall–Kier alpha value is -9.96. The van der Waals surface area contributed by atoms with Gasteiger partial charge in [-0.25, -0.2) is 0 Å². The summed E-state index contributed by atoms with van der Waals surface area (Å²) in [5, 5.41) is 4.78. The van der Waals surface area contributed by atoms with Crippen molar-refractivity contribution in [3.05, 3.63) is 291 Å². The maximum absolute atomic E-state index is 6.40. The fourth-order valence-electron chi connectivity index (χ4n) is 11.2. The molecule has 0 aliphatic carbocycles. The third kappa shape index (κ3) is 7.86. The molecule has 0 unspecified atom stereocenters. The maximum Gasteiger partial charge on any atom is 0.143 e. The van der Waals surface area contributed by atoms with Crippen molar-refractivity contribution in [3.8, 4) is 72.4 Å². The normalized spacial score (nSPS) is 11.5. The third-order valence-corrected chi connectivity index (χ3v) is 14.9. The van der Waals surface area contributed by atoms with E-state index in [1.807, 2.05) is 12.1 Å². The summed E-state index contributed by atoms with van der Waals surface area (Å²) >= 11 is 0. The Kier molecular flexibility index (Phi) is 10.8. The monoisotopic (exact) mass is 956 g/mol. The zero-order valence-electron chi connectivity index (χ0n) is 41.0. The molecule has 0 saturated carbocycles. The van der Waals surface area contributed by atoms with Gasteiger partial charge in [-0.2, -0.15) is 0 Å². The Labute approximate surface area is 436 Å². The number of fused-ring (bicyclic) bond motifs is 6. The van der Waals surface area contributed by atoms with Gasteiger partial charge < -0.3 is 13.9 Å². The van der Waals surface area contributed by atoms with Gasteiger partial charge in [-0.1, -0.05) is 231 Å². The molecule has 0 radical (unpaired) electrons. The van der Waals surface area contributed by atoms with Crippen molar-refractivity contribution in [3.63, 3.8) is 0 Å². The quantitative estimate of drug-likeness (QED) is 0.136. The van der Waals surface area contributed by atoms with Crippen LogP contribution in [0.2, 0.25) is 0 Å². The highest BCUT2D eigenvalue weighted by atomic mass is 16.3. The fourth-order valence-corrected chi connectivity index (χ4v) is 11.2. The molecule has 352 valence electrons. The number of furan rings is 1. The van der Waals surface area contributed by atoms with Crippen LogP contribution in [0.3, 0.4) is 0 Å². The Bertz CT molecular complexity index is 4300. The van der Waals surface area contributed by atoms with Crippen molar-refractivity contribution in [1.29, 1.82) is 0 Å². The second-order valence-corrected chi connectivity index (χ2v) is 19.2. The fraction of sp³-hybridized carbons (Fsp3) is 0. The van der Waals surface area contributed by atoms with Crippen LogP contribution in [-0.2, 0) is 0 Å². The summed E-state index contributed by atoms with van der Waals surface area (Å²) in [5.41, 5.74) is 22.6. The first-order chi connectivity index (χ1) is 37.2. The molecule has 0 bridgehead atoms. The van der Waals surface area contributed by atoms with Crippen LogP contribution < -0.4 is 4.90 Å². The lowest BCUT2D eigenvalue weighted by Gasteiger charge is -2.26. The van der Waals surface area contributed by atoms with Crippen LogP contribution in [0.15, 0.2) is 296 Å². The van der Waals surface area contributed by atoms with Gasteiger partial charge in [0, 0.05) is 49.7 Å². The van der Waals surface area contributed by atoms with Crippen LogP contribution in [0.4, 0.5) is 17.1 Å². The maximum atomic E-state index is 6.40. The van der Waals surface area contributed by atoms with E-state index in [9.17, 15) is 0 Å². The van der Waals surface area contributed by atoms with Crippen molar-refractivity contribution >= 4 is 60.8 Å². The van der Waals surface area contributed by atoms with E-state index in [-0.39, 0.29) is 0 Å². The Balaban J connectivity index is 0.812. The van der Waals surface area contributed by atoms with E-state index in [1.165, 1.54) is 60.8 Å². The zero-order valence-corrected chi connectivity index (χ0v) is 41.0. The molecule has 3 heteroatoms. The van der Waals surface area contributed by atoms with Crippen molar-refractivity contribution in [2.45, 2.75) is 0 Å². The summed E-state index contributed by atoms with van der Waals surface area (Å²) in [6.07, 6.45) is 0. The molecule has 0 spiro atoms. The highest BCUT2D eigenvalue weighted by Gasteiger charge is 2.19. The predicted octanol–water partition coefficient (Wildman–Crippen LogP) is 20.2. The number of aromatic nitrogens is 1. The smallest absolute Gasteiger partial charge is 0.143 e. The molecule has 2 aromatic heterocycles. The summed E-state index contributed by atoms with van der Waals surface area (Å²) in [7, 11) is 0. The van der Waals surface area contributed by atoms with Crippen molar-refractivity contribution < 1.29 is 4.42 Å². The third-order valence-electron chi connectivity index (χ3n) is 14.9. The molecule has 0 aliphatic rings. The lowest BCUT2D eigenvalue weighted by Crippen LogP contribution is -2.09. The summed E-state index contributed by atoms with van der Waals surface area (Å²) in [5.74, 6) is 0. The number of nitrogens with zero attached hydrogens (tertiary/aromatic N) is 2. The summed E-state index contributed by atoms with van der Waals surface area (Å²) in [6.45, 7) is 0. The van der Waals surface area contributed by atoms with E-state index in [1.54, 1.807) is 0 Å². The van der Waals surface area contributed by atoms with Gasteiger partial charge in [0.25, 0.3) is 0 Å². The van der Waals surface area contributed by atoms with E-state index >= 15 is 0 Å².